The minimum absolute atomic E-state index is 0.0312. The van der Waals surface area contributed by atoms with Crippen molar-refractivity contribution >= 4 is 28.3 Å². The first-order valence-electron chi connectivity index (χ1n) is 7.77. The van der Waals surface area contributed by atoms with Crippen LogP contribution in [0.3, 0.4) is 0 Å². The Bertz CT molecular complexity index is 673. The lowest BCUT2D eigenvalue weighted by Crippen LogP contribution is -2.22. The first-order chi connectivity index (χ1) is 11.1. The second-order valence-corrected chi connectivity index (χ2v) is 5.66. The number of carbonyl (C=O) groups is 1. The molecule has 0 heterocycles. The minimum Gasteiger partial charge on any atom is -0.491 e. The second kappa shape index (κ2) is 8.75. The van der Waals surface area contributed by atoms with Crippen molar-refractivity contribution in [2.24, 2.45) is 0 Å². The maximum atomic E-state index is 11.0. The zero-order chi connectivity index (χ0) is 16.7. The first kappa shape index (κ1) is 17.6. The Balaban J connectivity index is 2.17. The fraction of sp³-hybridized carbons (Fsp3) is 0.389. The van der Waals surface area contributed by atoms with Crippen LogP contribution >= 0.6 is 11.6 Å². The van der Waals surface area contributed by atoms with Crippen molar-refractivity contribution in [1.29, 1.82) is 0 Å². The number of benzene rings is 2. The Hall–Kier alpha value is -1.78. The second-order valence-electron chi connectivity index (χ2n) is 5.23. The fourth-order valence-corrected chi connectivity index (χ4v) is 2.66. The van der Waals surface area contributed by atoms with Gasteiger partial charge in [0.2, 0.25) is 5.91 Å². The van der Waals surface area contributed by atoms with Gasteiger partial charge in [-0.05, 0) is 53.9 Å². The van der Waals surface area contributed by atoms with Crippen LogP contribution in [0.2, 0.25) is 5.02 Å². The summed E-state index contributed by atoms with van der Waals surface area (Å²) in [5.41, 5.74) is 1.09. The van der Waals surface area contributed by atoms with E-state index in [4.69, 9.17) is 21.1 Å². The van der Waals surface area contributed by atoms with E-state index in [0.29, 0.717) is 31.4 Å². The van der Waals surface area contributed by atoms with Gasteiger partial charge in [-0.3, -0.25) is 4.79 Å². The van der Waals surface area contributed by atoms with Crippen molar-refractivity contribution in [2.75, 3.05) is 26.4 Å². The lowest BCUT2D eigenvalue weighted by atomic mass is 10.0. The van der Waals surface area contributed by atoms with E-state index in [1.54, 1.807) is 0 Å². The molecule has 2 aromatic carbocycles. The quantitative estimate of drug-likeness (QED) is 0.750. The van der Waals surface area contributed by atoms with Crippen molar-refractivity contribution in [3.8, 4) is 5.75 Å². The van der Waals surface area contributed by atoms with E-state index in [1.165, 1.54) is 6.92 Å². The van der Waals surface area contributed by atoms with Gasteiger partial charge in [-0.2, -0.15) is 0 Å². The molecular weight excluding hydrogens is 314 g/mol. The summed E-state index contributed by atoms with van der Waals surface area (Å²) in [6.07, 6.45) is 0.721. The summed E-state index contributed by atoms with van der Waals surface area (Å²) in [7, 11) is 0. The van der Waals surface area contributed by atoms with Gasteiger partial charge in [-0.25, -0.2) is 0 Å². The van der Waals surface area contributed by atoms with Crippen molar-refractivity contribution in [3.63, 3.8) is 0 Å². The molecule has 0 aliphatic carbocycles. The molecule has 1 N–H and O–H groups in total. The molecular formula is C18H22ClNO3. The number of fused-ring (bicyclic) bond motifs is 1. The van der Waals surface area contributed by atoms with E-state index in [-0.39, 0.29) is 5.91 Å². The maximum absolute atomic E-state index is 11.0. The molecule has 0 fully saturated rings. The molecule has 0 atom stereocenters. The molecule has 0 aliphatic rings. The van der Waals surface area contributed by atoms with Crippen LogP contribution in [0.5, 0.6) is 5.75 Å². The van der Waals surface area contributed by atoms with E-state index in [1.807, 2.05) is 37.3 Å². The summed E-state index contributed by atoms with van der Waals surface area (Å²) >= 11 is 6.19. The predicted molar refractivity (Wildman–Crippen MR) is 93.3 cm³/mol. The number of halogens is 1. The van der Waals surface area contributed by atoms with Crippen LogP contribution in [0.25, 0.3) is 10.8 Å². The van der Waals surface area contributed by atoms with Crippen LogP contribution in [0, 0.1) is 0 Å². The van der Waals surface area contributed by atoms with Gasteiger partial charge in [-0.15, -0.1) is 0 Å². The highest BCUT2D eigenvalue weighted by Gasteiger charge is 2.06. The molecule has 1 amide bonds. The van der Waals surface area contributed by atoms with Crippen LogP contribution < -0.4 is 10.1 Å². The van der Waals surface area contributed by atoms with Crippen LogP contribution in [-0.2, 0) is 16.0 Å². The molecule has 0 saturated heterocycles. The molecule has 4 nitrogen and oxygen atoms in total. The topological polar surface area (TPSA) is 47.6 Å². The smallest absolute Gasteiger partial charge is 0.216 e. The molecule has 2 aromatic rings. The summed E-state index contributed by atoms with van der Waals surface area (Å²) in [6, 6.07) is 9.82. The number of carbonyl (C=O) groups excluding carboxylic acids is 1. The molecule has 0 aromatic heterocycles. The van der Waals surface area contributed by atoms with Crippen molar-refractivity contribution < 1.29 is 14.3 Å². The summed E-state index contributed by atoms with van der Waals surface area (Å²) in [6.45, 7) is 5.84. The molecule has 124 valence electrons. The van der Waals surface area contributed by atoms with E-state index >= 15 is 0 Å². The molecule has 0 saturated carbocycles. The van der Waals surface area contributed by atoms with E-state index < -0.39 is 0 Å². The molecule has 5 heteroatoms. The summed E-state index contributed by atoms with van der Waals surface area (Å²) < 4.78 is 11.0. The van der Waals surface area contributed by atoms with Gasteiger partial charge in [0.15, 0.2) is 0 Å². The number of ether oxygens (including phenoxy) is 2. The third-order valence-electron chi connectivity index (χ3n) is 3.45. The molecule has 0 spiro atoms. The lowest BCUT2D eigenvalue weighted by molar-refractivity contribution is -0.118. The van der Waals surface area contributed by atoms with E-state index in [0.717, 1.165) is 28.5 Å². The summed E-state index contributed by atoms with van der Waals surface area (Å²) in [5, 5.41) is 5.66. The number of nitrogens with one attached hydrogen (secondary N) is 1. The highest BCUT2D eigenvalue weighted by atomic mass is 35.5. The largest absolute Gasteiger partial charge is 0.491 e. The Morgan fingerprint density at radius 3 is 2.78 bits per heavy atom. The molecule has 23 heavy (non-hydrogen) atoms. The molecule has 0 bridgehead atoms. The third kappa shape index (κ3) is 5.41. The van der Waals surface area contributed by atoms with Gasteiger partial charge in [0, 0.05) is 25.1 Å². The fourth-order valence-electron chi connectivity index (χ4n) is 2.41. The SMILES string of the molecule is CCOCCOc1ccc2cc(Cl)cc(CCNC(C)=O)c2c1. The van der Waals surface area contributed by atoms with Crippen molar-refractivity contribution in [1.82, 2.24) is 5.32 Å². The molecule has 2 rings (SSSR count). The van der Waals surface area contributed by atoms with Crippen LogP contribution in [-0.4, -0.2) is 32.3 Å². The molecule has 0 aliphatic heterocycles. The number of rotatable bonds is 8. The average Bonchev–Trinajstić information content (AvgIpc) is 2.51. The number of amides is 1. The average molecular weight is 336 g/mol. The maximum Gasteiger partial charge on any atom is 0.216 e. The minimum atomic E-state index is -0.0312. The molecule has 0 radical (unpaired) electrons. The van der Waals surface area contributed by atoms with Gasteiger partial charge in [0.1, 0.15) is 12.4 Å². The van der Waals surface area contributed by atoms with E-state index in [9.17, 15) is 4.79 Å². The Labute approximate surface area is 141 Å². The lowest BCUT2D eigenvalue weighted by Gasteiger charge is -2.11. The van der Waals surface area contributed by atoms with Gasteiger partial charge < -0.3 is 14.8 Å². The van der Waals surface area contributed by atoms with E-state index in [2.05, 4.69) is 5.32 Å². The zero-order valence-corrected chi connectivity index (χ0v) is 14.3. The van der Waals surface area contributed by atoms with Gasteiger partial charge in [-0.1, -0.05) is 17.7 Å². The number of hydrogen-bond donors (Lipinski definition) is 1. The van der Waals surface area contributed by atoms with Crippen molar-refractivity contribution in [3.05, 3.63) is 40.9 Å². The zero-order valence-electron chi connectivity index (χ0n) is 13.5. The normalized spacial score (nSPS) is 10.7. The van der Waals surface area contributed by atoms with Crippen LogP contribution in [0.15, 0.2) is 30.3 Å². The highest BCUT2D eigenvalue weighted by molar-refractivity contribution is 6.31. The van der Waals surface area contributed by atoms with Gasteiger partial charge in [0.25, 0.3) is 0 Å². The van der Waals surface area contributed by atoms with Gasteiger partial charge >= 0.3 is 0 Å². The predicted octanol–water partition coefficient (Wildman–Crippen LogP) is 3.59. The highest BCUT2D eigenvalue weighted by Crippen LogP contribution is 2.28. The monoisotopic (exact) mass is 335 g/mol. The Morgan fingerprint density at radius 2 is 2.04 bits per heavy atom. The first-order valence-corrected chi connectivity index (χ1v) is 8.15. The van der Waals surface area contributed by atoms with Crippen LogP contribution in [0.4, 0.5) is 0 Å². The third-order valence-corrected chi connectivity index (χ3v) is 3.66. The molecule has 0 unspecified atom stereocenters. The number of hydrogen-bond acceptors (Lipinski definition) is 3. The Morgan fingerprint density at radius 1 is 1.22 bits per heavy atom. The summed E-state index contributed by atoms with van der Waals surface area (Å²) in [5.74, 6) is 0.775. The van der Waals surface area contributed by atoms with Gasteiger partial charge in [0.05, 0.1) is 6.61 Å². The van der Waals surface area contributed by atoms with Crippen molar-refractivity contribution in [2.45, 2.75) is 20.3 Å². The van der Waals surface area contributed by atoms with Crippen LogP contribution in [0.1, 0.15) is 19.4 Å². The Kier molecular flexibility index (Phi) is 6.68. The summed E-state index contributed by atoms with van der Waals surface area (Å²) in [4.78, 5) is 11.0. The standard InChI is InChI=1S/C18H22ClNO3/c1-3-22-8-9-23-17-5-4-14-10-16(19)11-15(18(14)12-17)6-7-20-13(2)21/h4-5,10-12H,3,6-9H2,1-2H3,(H,20,21).